The van der Waals surface area contributed by atoms with Gasteiger partial charge in [0.05, 0.1) is 0 Å². The smallest absolute Gasteiger partial charge is 0.135 e. The predicted molar refractivity (Wildman–Crippen MR) is 276 cm³/mol. The SMILES string of the molecule is Cc1cc(-n2c3[c-]c(Oc4[c-]c(N5[CH-]N(c6cc(C(C)(C)C)cc(C(C)(C)C)c6)c6cc(-c7ccccc7)ccc65)ccc4)ccc3c3ccccc32)ncc1-c1cccc(C(C)(C)C)c1.[Pt]. The number of ether oxygens (including phenoxy) is 1. The van der Waals surface area contributed by atoms with Crippen LogP contribution >= 0.6 is 0 Å². The van der Waals surface area contributed by atoms with Gasteiger partial charge in [-0.25, -0.2) is 4.98 Å². The normalized spacial score (nSPS) is 13.0. The van der Waals surface area contributed by atoms with Gasteiger partial charge in [0.1, 0.15) is 5.82 Å². The summed E-state index contributed by atoms with van der Waals surface area (Å²) in [5.41, 5.74) is 15.8. The van der Waals surface area contributed by atoms with E-state index in [4.69, 9.17) is 9.72 Å². The van der Waals surface area contributed by atoms with Crippen LogP contribution in [0.3, 0.4) is 0 Å². The number of anilines is 4. The Bertz CT molecular complexity index is 3260. The van der Waals surface area contributed by atoms with Gasteiger partial charge in [-0.1, -0.05) is 153 Å². The van der Waals surface area contributed by atoms with Gasteiger partial charge < -0.3 is 19.1 Å². The first-order valence-corrected chi connectivity index (χ1v) is 23.0. The molecule has 0 fully saturated rings. The maximum absolute atomic E-state index is 6.70. The molecule has 0 spiro atoms. The van der Waals surface area contributed by atoms with Gasteiger partial charge in [-0.05, 0) is 104 Å². The van der Waals surface area contributed by atoms with Crippen LogP contribution in [-0.2, 0) is 37.3 Å². The second-order valence-corrected chi connectivity index (χ2v) is 20.8. The van der Waals surface area contributed by atoms with Crippen molar-refractivity contribution in [1.82, 2.24) is 9.55 Å². The van der Waals surface area contributed by atoms with Gasteiger partial charge in [-0.15, -0.1) is 48.1 Å². The summed E-state index contributed by atoms with van der Waals surface area (Å²) in [6, 6.07) is 61.4. The van der Waals surface area contributed by atoms with E-state index in [1.165, 1.54) is 27.8 Å². The number of nitrogens with zero attached hydrogens (tertiary/aromatic N) is 4. The van der Waals surface area contributed by atoms with Crippen molar-refractivity contribution >= 4 is 44.6 Å². The van der Waals surface area contributed by atoms with E-state index in [0.29, 0.717) is 11.5 Å². The summed E-state index contributed by atoms with van der Waals surface area (Å²) in [5.74, 6) is 2.03. The van der Waals surface area contributed by atoms with Crippen LogP contribution in [0, 0.1) is 25.7 Å². The largest absolute Gasteiger partial charge is 0.509 e. The third-order valence-corrected chi connectivity index (χ3v) is 12.9. The fourth-order valence-corrected chi connectivity index (χ4v) is 9.03. The van der Waals surface area contributed by atoms with Crippen molar-refractivity contribution in [3.63, 3.8) is 0 Å². The molecule has 3 heterocycles. The summed E-state index contributed by atoms with van der Waals surface area (Å²) >= 11 is 0. The minimum absolute atomic E-state index is 0. The van der Waals surface area contributed by atoms with Gasteiger partial charge in [0.2, 0.25) is 0 Å². The zero-order chi connectivity index (χ0) is 46.1. The number of para-hydroxylation sites is 1. The Morgan fingerprint density at radius 2 is 1.19 bits per heavy atom. The number of aryl methyl sites for hydroxylation is 1. The van der Waals surface area contributed by atoms with Crippen molar-refractivity contribution in [3.05, 3.63) is 199 Å². The zero-order valence-electron chi connectivity index (χ0n) is 40.1. The quantitative estimate of drug-likeness (QED) is 0.149. The molecule has 0 saturated carbocycles. The number of rotatable bonds is 7. The van der Waals surface area contributed by atoms with Gasteiger partial charge in [0.15, 0.2) is 0 Å². The van der Waals surface area contributed by atoms with E-state index >= 15 is 0 Å². The van der Waals surface area contributed by atoms with Crippen LogP contribution in [0.15, 0.2) is 158 Å². The van der Waals surface area contributed by atoms with Gasteiger partial charge in [-0.2, -0.15) is 12.1 Å². The number of hydrogen-bond donors (Lipinski definition) is 0. The van der Waals surface area contributed by atoms with Gasteiger partial charge in [0, 0.05) is 66.9 Å². The Morgan fingerprint density at radius 3 is 1.91 bits per heavy atom. The first-order chi connectivity index (χ1) is 31.5. The predicted octanol–water partition coefficient (Wildman–Crippen LogP) is 16.5. The molecule has 340 valence electrons. The third-order valence-electron chi connectivity index (χ3n) is 12.9. The minimum atomic E-state index is -0.0306. The molecule has 2 aromatic heterocycles. The second kappa shape index (κ2) is 17.3. The molecule has 0 amide bonds. The van der Waals surface area contributed by atoms with Crippen molar-refractivity contribution < 1.29 is 25.8 Å². The number of fused-ring (bicyclic) bond motifs is 4. The molecule has 0 N–H and O–H groups in total. The summed E-state index contributed by atoms with van der Waals surface area (Å²) in [6.45, 7) is 24.9. The molecule has 1 aliphatic rings. The van der Waals surface area contributed by atoms with Crippen LogP contribution in [0.25, 0.3) is 49.9 Å². The van der Waals surface area contributed by atoms with Crippen molar-refractivity contribution in [2.75, 3.05) is 9.80 Å². The van der Waals surface area contributed by atoms with Crippen molar-refractivity contribution in [2.45, 2.75) is 85.5 Å². The standard InChI is InChI=1S/C61H57N4O.Pt/c1-40-30-58(62-38-53(40)43-20-16-21-44(31-43)59(2,3)4)65-54-25-15-14-24-51(54)52-28-27-50(37-56(52)65)66-49-23-17-22-47(36-49)63-39-64(48-34-45(60(5,6)7)33-46(35-48)61(8,9)10)57-32-42(26-29-55(57)63)41-18-12-11-13-19-41;/h11-35,38-39H,1-10H3;/q-3;. The van der Waals surface area contributed by atoms with E-state index in [0.717, 1.165) is 67.1 Å². The van der Waals surface area contributed by atoms with Crippen LogP contribution in [0.4, 0.5) is 22.7 Å². The van der Waals surface area contributed by atoms with Gasteiger partial charge in [0.25, 0.3) is 0 Å². The van der Waals surface area contributed by atoms with Crippen molar-refractivity contribution in [2.24, 2.45) is 0 Å². The molecule has 67 heavy (non-hydrogen) atoms. The van der Waals surface area contributed by atoms with Crippen LogP contribution in [0.1, 0.15) is 84.6 Å². The fraction of sp³-hybridized carbons (Fsp3) is 0.213. The Balaban J connectivity index is 0.00000562. The maximum Gasteiger partial charge on any atom is 0.135 e. The molecule has 5 nitrogen and oxygen atoms in total. The van der Waals surface area contributed by atoms with E-state index in [-0.39, 0.29) is 37.3 Å². The van der Waals surface area contributed by atoms with Crippen LogP contribution < -0.4 is 14.5 Å². The molecule has 0 saturated heterocycles. The second-order valence-electron chi connectivity index (χ2n) is 20.8. The van der Waals surface area contributed by atoms with E-state index in [1.807, 2.05) is 24.4 Å². The van der Waals surface area contributed by atoms with E-state index < -0.39 is 0 Å². The first-order valence-electron chi connectivity index (χ1n) is 23.0. The van der Waals surface area contributed by atoms with E-state index in [9.17, 15) is 0 Å². The maximum atomic E-state index is 6.70. The molecule has 10 rings (SSSR count). The summed E-state index contributed by atoms with van der Waals surface area (Å²) < 4.78 is 8.90. The van der Waals surface area contributed by atoms with Crippen molar-refractivity contribution in [1.29, 1.82) is 0 Å². The Morgan fingerprint density at radius 1 is 0.522 bits per heavy atom. The Labute approximate surface area is 411 Å². The molecule has 9 aromatic rings. The summed E-state index contributed by atoms with van der Waals surface area (Å²) in [7, 11) is 0. The molecule has 6 heteroatoms. The Hall–Kier alpha value is -6.42. The van der Waals surface area contributed by atoms with Crippen molar-refractivity contribution in [3.8, 4) is 39.6 Å². The van der Waals surface area contributed by atoms with E-state index in [1.54, 1.807) is 0 Å². The minimum Gasteiger partial charge on any atom is -0.509 e. The summed E-state index contributed by atoms with van der Waals surface area (Å²) in [4.78, 5) is 9.66. The average Bonchev–Trinajstić information content (AvgIpc) is 3.84. The topological polar surface area (TPSA) is 33.5 Å². The van der Waals surface area contributed by atoms with Crippen LogP contribution in [0.2, 0.25) is 0 Å². The zero-order valence-corrected chi connectivity index (χ0v) is 42.4. The molecule has 7 aromatic carbocycles. The third kappa shape index (κ3) is 8.83. The van der Waals surface area contributed by atoms with Gasteiger partial charge >= 0.3 is 0 Å². The number of hydrogen-bond acceptors (Lipinski definition) is 4. The van der Waals surface area contributed by atoms with E-state index in [2.05, 4.69) is 236 Å². The number of aromatic nitrogens is 2. The molecular weight excluding hydrogens is 1000 g/mol. The molecule has 0 radical (unpaired) electrons. The molecule has 0 unspecified atom stereocenters. The molecule has 0 aliphatic carbocycles. The van der Waals surface area contributed by atoms with Crippen LogP contribution in [-0.4, -0.2) is 9.55 Å². The summed E-state index contributed by atoms with van der Waals surface area (Å²) in [6.07, 6.45) is 2.01. The van der Waals surface area contributed by atoms with Crippen LogP contribution in [0.5, 0.6) is 11.5 Å². The fourth-order valence-electron chi connectivity index (χ4n) is 9.03. The molecule has 0 bridgehead atoms. The molecule has 0 atom stereocenters. The first kappa shape index (κ1) is 45.7. The van der Waals surface area contributed by atoms with Gasteiger partial charge in [-0.3, -0.25) is 0 Å². The number of benzene rings is 7. The molecular formula is C61H57N4OPt-3. The summed E-state index contributed by atoms with van der Waals surface area (Å²) in [5, 5.41) is 2.22. The average molecular weight is 1060 g/mol. The number of pyridine rings is 1. The molecule has 1 aliphatic heterocycles. The Kier molecular flexibility index (Phi) is 11.8. The monoisotopic (exact) mass is 1060 g/mol.